The summed E-state index contributed by atoms with van der Waals surface area (Å²) in [4.78, 5) is 0. The SMILES string of the molecule is COc1cccc(C=C(Cl)Cl)c1. The molecule has 0 saturated carbocycles. The zero-order chi connectivity index (χ0) is 8.97. The Morgan fingerprint density at radius 3 is 2.75 bits per heavy atom. The first-order valence-corrected chi connectivity index (χ1v) is 4.14. The summed E-state index contributed by atoms with van der Waals surface area (Å²) in [6.07, 6.45) is 1.66. The second-order valence-electron chi connectivity index (χ2n) is 2.21. The molecule has 1 rings (SSSR count). The molecule has 0 spiro atoms. The second kappa shape index (κ2) is 4.39. The molecule has 0 unspecified atom stereocenters. The quantitative estimate of drug-likeness (QED) is 0.714. The number of hydrogen-bond acceptors (Lipinski definition) is 1. The molecular formula is C9H8Cl2O. The third-order valence-electron chi connectivity index (χ3n) is 1.37. The third kappa shape index (κ3) is 2.76. The van der Waals surface area contributed by atoms with Gasteiger partial charge in [-0.05, 0) is 23.8 Å². The molecule has 64 valence electrons. The van der Waals surface area contributed by atoms with Crippen LogP contribution >= 0.6 is 23.2 Å². The lowest BCUT2D eigenvalue weighted by Crippen LogP contribution is -1.82. The summed E-state index contributed by atoms with van der Waals surface area (Å²) >= 11 is 11.0. The van der Waals surface area contributed by atoms with Gasteiger partial charge in [0, 0.05) is 0 Å². The summed E-state index contributed by atoms with van der Waals surface area (Å²) in [6, 6.07) is 7.49. The average molecular weight is 203 g/mol. The molecule has 0 aliphatic carbocycles. The molecule has 0 aliphatic rings. The number of hydrogen-bond donors (Lipinski definition) is 0. The standard InChI is InChI=1S/C9H8Cl2O/c1-12-8-4-2-3-7(5-8)6-9(10)11/h2-6H,1H3. The van der Waals surface area contributed by atoms with Gasteiger partial charge in [0.15, 0.2) is 0 Å². The summed E-state index contributed by atoms with van der Waals surface area (Å²) < 4.78 is 5.26. The Morgan fingerprint density at radius 2 is 2.17 bits per heavy atom. The molecule has 0 N–H and O–H groups in total. The van der Waals surface area contributed by atoms with E-state index in [1.807, 2.05) is 24.3 Å². The van der Waals surface area contributed by atoms with Gasteiger partial charge >= 0.3 is 0 Å². The largest absolute Gasteiger partial charge is 0.497 e. The highest BCUT2D eigenvalue weighted by atomic mass is 35.5. The van der Waals surface area contributed by atoms with E-state index in [4.69, 9.17) is 27.9 Å². The van der Waals surface area contributed by atoms with E-state index >= 15 is 0 Å². The fourth-order valence-corrected chi connectivity index (χ4v) is 1.11. The molecular weight excluding hydrogens is 195 g/mol. The van der Waals surface area contributed by atoms with Gasteiger partial charge in [0.25, 0.3) is 0 Å². The molecule has 0 bridgehead atoms. The van der Waals surface area contributed by atoms with E-state index in [0.717, 1.165) is 11.3 Å². The molecule has 0 heterocycles. The van der Waals surface area contributed by atoms with Gasteiger partial charge in [0.2, 0.25) is 0 Å². The van der Waals surface area contributed by atoms with Crippen molar-refractivity contribution in [2.75, 3.05) is 7.11 Å². The Kier molecular flexibility index (Phi) is 3.45. The molecule has 0 fully saturated rings. The van der Waals surface area contributed by atoms with E-state index in [1.165, 1.54) is 0 Å². The van der Waals surface area contributed by atoms with E-state index in [9.17, 15) is 0 Å². The predicted octanol–water partition coefficient (Wildman–Crippen LogP) is 3.47. The van der Waals surface area contributed by atoms with Crippen molar-refractivity contribution in [2.45, 2.75) is 0 Å². The first kappa shape index (κ1) is 9.43. The summed E-state index contributed by atoms with van der Waals surface area (Å²) in [6.45, 7) is 0. The zero-order valence-electron chi connectivity index (χ0n) is 6.55. The van der Waals surface area contributed by atoms with Crippen molar-refractivity contribution >= 4 is 29.3 Å². The van der Waals surface area contributed by atoms with Gasteiger partial charge in [-0.2, -0.15) is 0 Å². The molecule has 12 heavy (non-hydrogen) atoms. The third-order valence-corrected chi connectivity index (χ3v) is 1.59. The molecule has 0 aromatic heterocycles. The van der Waals surface area contributed by atoms with Crippen molar-refractivity contribution in [3.05, 3.63) is 34.3 Å². The average Bonchev–Trinajstić information content (AvgIpc) is 2.03. The highest BCUT2D eigenvalue weighted by Gasteiger charge is 1.92. The Morgan fingerprint density at radius 1 is 1.42 bits per heavy atom. The van der Waals surface area contributed by atoms with E-state index in [2.05, 4.69) is 0 Å². The van der Waals surface area contributed by atoms with Gasteiger partial charge in [-0.15, -0.1) is 0 Å². The van der Waals surface area contributed by atoms with Crippen molar-refractivity contribution in [1.29, 1.82) is 0 Å². The van der Waals surface area contributed by atoms with Gasteiger partial charge in [-0.3, -0.25) is 0 Å². The number of methoxy groups -OCH3 is 1. The predicted molar refractivity (Wildman–Crippen MR) is 52.7 cm³/mol. The van der Waals surface area contributed by atoms with Crippen LogP contribution in [-0.4, -0.2) is 7.11 Å². The molecule has 0 atom stereocenters. The molecule has 0 amide bonds. The lowest BCUT2D eigenvalue weighted by Gasteiger charge is -1.99. The van der Waals surface area contributed by atoms with Gasteiger partial charge in [-0.1, -0.05) is 35.3 Å². The molecule has 1 aromatic rings. The van der Waals surface area contributed by atoms with E-state index in [-0.39, 0.29) is 4.49 Å². The minimum Gasteiger partial charge on any atom is -0.497 e. The molecule has 0 radical (unpaired) electrons. The number of rotatable bonds is 2. The minimum atomic E-state index is 0.239. The molecule has 1 nitrogen and oxygen atoms in total. The molecule has 0 aliphatic heterocycles. The molecule has 3 heteroatoms. The van der Waals surface area contributed by atoms with Crippen LogP contribution in [0.25, 0.3) is 6.08 Å². The van der Waals surface area contributed by atoms with E-state index < -0.39 is 0 Å². The van der Waals surface area contributed by atoms with Gasteiger partial charge in [0.05, 0.1) is 7.11 Å². The second-order valence-corrected chi connectivity index (χ2v) is 3.22. The zero-order valence-corrected chi connectivity index (χ0v) is 8.06. The van der Waals surface area contributed by atoms with Crippen LogP contribution < -0.4 is 4.74 Å². The number of halogens is 2. The fourth-order valence-electron chi connectivity index (χ4n) is 0.857. The van der Waals surface area contributed by atoms with Crippen LogP contribution in [0, 0.1) is 0 Å². The van der Waals surface area contributed by atoms with Crippen LogP contribution in [0.15, 0.2) is 28.8 Å². The summed E-state index contributed by atoms with van der Waals surface area (Å²) in [5, 5.41) is 0. The summed E-state index contributed by atoms with van der Waals surface area (Å²) in [7, 11) is 1.62. The van der Waals surface area contributed by atoms with Crippen molar-refractivity contribution < 1.29 is 4.74 Å². The number of benzene rings is 1. The van der Waals surface area contributed by atoms with Crippen LogP contribution in [0.3, 0.4) is 0 Å². The first-order valence-electron chi connectivity index (χ1n) is 3.39. The number of ether oxygens (including phenoxy) is 1. The van der Waals surface area contributed by atoms with Gasteiger partial charge in [0.1, 0.15) is 10.2 Å². The van der Waals surface area contributed by atoms with Gasteiger partial charge in [-0.25, -0.2) is 0 Å². The topological polar surface area (TPSA) is 9.23 Å². The van der Waals surface area contributed by atoms with Crippen molar-refractivity contribution in [1.82, 2.24) is 0 Å². The smallest absolute Gasteiger partial charge is 0.119 e. The maximum absolute atomic E-state index is 5.49. The Bertz CT molecular complexity index is 290. The Hall–Kier alpha value is -0.660. The van der Waals surface area contributed by atoms with Crippen LogP contribution in [0.1, 0.15) is 5.56 Å². The molecule has 1 aromatic carbocycles. The highest BCUT2D eigenvalue weighted by Crippen LogP contribution is 2.17. The van der Waals surface area contributed by atoms with E-state index in [1.54, 1.807) is 13.2 Å². The van der Waals surface area contributed by atoms with Crippen molar-refractivity contribution in [3.63, 3.8) is 0 Å². The van der Waals surface area contributed by atoms with E-state index in [0.29, 0.717) is 0 Å². The summed E-state index contributed by atoms with van der Waals surface area (Å²) in [5.41, 5.74) is 0.925. The van der Waals surface area contributed by atoms with Crippen molar-refractivity contribution in [3.8, 4) is 5.75 Å². The van der Waals surface area contributed by atoms with Crippen LogP contribution in [0.5, 0.6) is 5.75 Å². The van der Waals surface area contributed by atoms with Gasteiger partial charge < -0.3 is 4.74 Å². The van der Waals surface area contributed by atoms with Crippen molar-refractivity contribution in [2.24, 2.45) is 0 Å². The maximum Gasteiger partial charge on any atom is 0.119 e. The Labute approximate surface area is 81.6 Å². The minimum absolute atomic E-state index is 0.239. The molecule has 0 saturated heterocycles. The normalized spacial score (nSPS) is 9.25. The van der Waals surface area contributed by atoms with Crippen LogP contribution in [0.2, 0.25) is 0 Å². The fraction of sp³-hybridized carbons (Fsp3) is 0.111. The maximum atomic E-state index is 5.49. The van der Waals surface area contributed by atoms with Crippen LogP contribution in [0.4, 0.5) is 0 Å². The lowest BCUT2D eigenvalue weighted by molar-refractivity contribution is 0.414. The highest BCUT2D eigenvalue weighted by molar-refractivity contribution is 6.57. The summed E-state index contributed by atoms with van der Waals surface area (Å²) in [5.74, 6) is 0.790. The lowest BCUT2D eigenvalue weighted by atomic mass is 10.2. The Balaban J connectivity index is 2.94. The monoisotopic (exact) mass is 202 g/mol. The first-order chi connectivity index (χ1) is 5.72. The van der Waals surface area contributed by atoms with Crippen LogP contribution in [-0.2, 0) is 0 Å².